The van der Waals surface area contributed by atoms with Gasteiger partial charge >= 0.3 is 0 Å². The summed E-state index contributed by atoms with van der Waals surface area (Å²) in [6, 6.07) is 9.25. The van der Waals surface area contributed by atoms with E-state index in [1.807, 2.05) is 17.0 Å². The highest BCUT2D eigenvalue weighted by molar-refractivity contribution is 7.19. The molecule has 0 atom stereocenters. The van der Waals surface area contributed by atoms with Crippen LogP contribution in [-0.4, -0.2) is 83.3 Å². The van der Waals surface area contributed by atoms with E-state index in [1.165, 1.54) is 4.88 Å². The second-order valence-corrected chi connectivity index (χ2v) is 9.37. The SMILES string of the molecule is CC(=O)N1CCN(Cc2cc3nc(-c4cccc(O)c4)nc(N4CCOCC4)c3s2)CC1. The van der Waals surface area contributed by atoms with Gasteiger partial charge in [0.1, 0.15) is 5.75 Å². The van der Waals surface area contributed by atoms with E-state index in [2.05, 4.69) is 15.9 Å². The van der Waals surface area contributed by atoms with E-state index in [-0.39, 0.29) is 11.7 Å². The summed E-state index contributed by atoms with van der Waals surface area (Å²) in [5, 5.41) is 9.93. The van der Waals surface area contributed by atoms with Crippen LogP contribution in [0.25, 0.3) is 21.6 Å². The molecular formula is C23H27N5O3S. The average molecular weight is 454 g/mol. The molecule has 0 radical (unpaired) electrons. The fraction of sp³-hybridized carbons (Fsp3) is 0.435. The first kappa shape index (κ1) is 21.1. The minimum absolute atomic E-state index is 0.149. The van der Waals surface area contributed by atoms with Gasteiger partial charge in [-0.15, -0.1) is 11.3 Å². The Morgan fingerprint density at radius 1 is 1.09 bits per heavy atom. The Bertz CT molecular complexity index is 1120. The number of fused-ring (bicyclic) bond motifs is 1. The predicted octanol–water partition coefficient (Wildman–Crippen LogP) is 2.56. The molecule has 2 fully saturated rings. The van der Waals surface area contributed by atoms with Gasteiger partial charge in [0.2, 0.25) is 5.91 Å². The van der Waals surface area contributed by atoms with Gasteiger partial charge in [0, 0.05) is 63.2 Å². The van der Waals surface area contributed by atoms with Crippen molar-refractivity contribution < 1.29 is 14.6 Å². The standard InChI is InChI=1S/C23H27N5O3S/c1-16(29)27-7-5-26(6-8-27)15-19-14-20-21(32-19)23(28-9-11-31-12-10-28)25-22(24-20)17-3-2-4-18(30)13-17/h2-4,13-14,30H,5-12,15H2,1H3. The van der Waals surface area contributed by atoms with Crippen molar-refractivity contribution >= 4 is 33.3 Å². The number of ether oxygens (including phenoxy) is 1. The number of anilines is 1. The molecule has 2 aliphatic heterocycles. The van der Waals surface area contributed by atoms with E-state index < -0.39 is 0 Å². The lowest BCUT2D eigenvalue weighted by Gasteiger charge is -2.33. The van der Waals surface area contributed by atoms with E-state index in [0.29, 0.717) is 19.0 Å². The normalized spacial score (nSPS) is 17.8. The first-order valence-corrected chi connectivity index (χ1v) is 11.8. The lowest BCUT2D eigenvalue weighted by molar-refractivity contribution is -0.130. The van der Waals surface area contributed by atoms with E-state index in [0.717, 1.165) is 67.4 Å². The number of aromatic hydroxyl groups is 1. The number of amides is 1. The molecule has 0 bridgehead atoms. The highest BCUT2D eigenvalue weighted by atomic mass is 32.1. The van der Waals surface area contributed by atoms with Crippen molar-refractivity contribution in [2.45, 2.75) is 13.5 Å². The van der Waals surface area contributed by atoms with Gasteiger partial charge in [-0.25, -0.2) is 9.97 Å². The molecule has 2 aliphatic rings. The summed E-state index contributed by atoms with van der Waals surface area (Å²) in [4.78, 5) is 29.2. The van der Waals surface area contributed by atoms with E-state index in [9.17, 15) is 9.90 Å². The lowest BCUT2D eigenvalue weighted by atomic mass is 10.2. The largest absolute Gasteiger partial charge is 0.508 e. The molecule has 0 saturated carbocycles. The number of hydrogen-bond acceptors (Lipinski definition) is 8. The summed E-state index contributed by atoms with van der Waals surface area (Å²) in [6.45, 7) is 8.76. The van der Waals surface area contributed by atoms with Crippen LogP contribution in [-0.2, 0) is 16.1 Å². The van der Waals surface area contributed by atoms with Gasteiger partial charge in [-0.2, -0.15) is 0 Å². The first-order valence-electron chi connectivity index (χ1n) is 11.0. The van der Waals surface area contributed by atoms with Crippen molar-refractivity contribution in [3.8, 4) is 17.1 Å². The monoisotopic (exact) mass is 453 g/mol. The van der Waals surface area contributed by atoms with Crippen molar-refractivity contribution in [1.82, 2.24) is 19.8 Å². The van der Waals surface area contributed by atoms with Gasteiger partial charge in [-0.3, -0.25) is 9.69 Å². The summed E-state index contributed by atoms with van der Waals surface area (Å²) in [6.07, 6.45) is 0. The maximum Gasteiger partial charge on any atom is 0.219 e. The van der Waals surface area contributed by atoms with Gasteiger partial charge in [0.25, 0.3) is 0 Å². The fourth-order valence-electron chi connectivity index (χ4n) is 4.25. The molecule has 8 nitrogen and oxygen atoms in total. The van der Waals surface area contributed by atoms with E-state index >= 15 is 0 Å². The predicted molar refractivity (Wildman–Crippen MR) is 125 cm³/mol. The molecule has 9 heteroatoms. The highest BCUT2D eigenvalue weighted by Gasteiger charge is 2.22. The van der Waals surface area contributed by atoms with E-state index in [1.54, 1.807) is 30.4 Å². The van der Waals surface area contributed by atoms with Crippen LogP contribution >= 0.6 is 11.3 Å². The zero-order valence-electron chi connectivity index (χ0n) is 18.2. The summed E-state index contributed by atoms with van der Waals surface area (Å²) in [5.74, 6) is 1.91. The Morgan fingerprint density at radius 3 is 2.59 bits per heavy atom. The summed E-state index contributed by atoms with van der Waals surface area (Å²) < 4.78 is 6.64. The Labute approximate surface area is 191 Å². The number of thiophene rings is 1. The zero-order valence-corrected chi connectivity index (χ0v) is 19.0. The molecule has 5 rings (SSSR count). The third-order valence-corrected chi connectivity index (χ3v) is 7.12. The number of phenolic OH excluding ortho intramolecular Hbond substituents is 1. The number of hydrogen-bond donors (Lipinski definition) is 1. The van der Waals surface area contributed by atoms with Crippen molar-refractivity contribution in [3.05, 3.63) is 35.2 Å². The second kappa shape index (κ2) is 9.01. The summed E-state index contributed by atoms with van der Waals surface area (Å²) in [7, 11) is 0. The van der Waals surface area contributed by atoms with Gasteiger partial charge < -0.3 is 19.6 Å². The minimum atomic E-state index is 0.149. The molecule has 4 heterocycles. The lowest BCUT2D eigenvalue weighted by Crippen LogP contribution is -2.47. The molecule has 0 aliphatic carbocycles. The van der Waals surface area contributed by atoms with Crippen molar-refractivity contribution in [3.63, 3.8) is 0 Å². The van der Waals surface area contributed by atoms with Crippen molar-refractivity contribution in [2.24, 2.45) is 0 Å². The molecule has 0 spiro atoms. The van der Waals surface area contributed by atoms with Gasteiger partial charge in [0.15, 0.2) is 11.6 Å². The number of benzene rings is 1. The molecule has 3 aromatic rings. The quantitative estimate of drug-likeness (QED) is 0.650. The third-order valence-electron chi connectivity index (χ3n) is 6.02. The second-order valence-electron chi connectivity index (χ2n) is 8.23. The van der Waals surface area contributed by atoms with Crippen LogP contribution in [0.5, 0.6) is 5.75 Å². The number of morpholine rings is 1. The Kier molecular flexibility index (Phi) is 5.95. The number of nitrogens with zero attached hydrogens (tertiary/aromatic N) is 5. The highest BCUT2D eigenvalue weighted by Crippen LogP contribution is 2.35. The average Bonchev–Trinajstić information content (AvgIpc) is 3.21. The fourth-order valence-corrected chi connectivity index (χ4v) is 5.40. The molecule has 1 N–H and O–H groups in total. The number of aromatic nitrogens is 2. The zero-order chi connectivity index (χ0) is 22.1. The molecule has 32 heavy (non-hydrogen) atoms. The first-order chi connectivity index (χ1) is 15.6. The van der Waals surface area contributed by atoms with E-state index in [4.69, 9.17) is 14.7 Å². The number of rotatable bonds is 4. The van der Waals surface area contributed by atoms with Gasteiger partial charge in [-0.05, 0) is 18.2 Å². The molecule has 168 valence electrons. The number of piperazine rings is 1. The van der Waals surface area contributed by atoms with Crippen LogP contribution in [0.15, 0.2) is 30.3 Å². The number of carbonyl (C=O) groups is 1. The van der Waals surface area contributed by atoms with Crippen LogP contribution in [0.1, 0.15) is 11.8 Å². The van der Waals surface area contributed by atoms with Crippen LogP contribution in [0.4, 0.5) is 5.82 Å². The van der Waals surface area contributed by atoms with Crippen molar-refractivity contribution in [1.29, 1.82) is 0 Å². The Hall–Kier alpha value is -2.75. The molecule has 0 unspecified atom stereocenters. The molecule has 2 saturated heterocycles. The third kappa shape index (κ3) is 4.41. The van der Waals surface area contributed by atoms with Gasteiger partial charge in [-0.1, -0.05) is 12.1 Å². The molecule has 2 aromatic heterocycles. The van der Waals surface area contributed by atoms with Crippen LogP contribution in [0.3, 0.4) is 0 Å². The van der Waals surface area contributed by atoms with Crippen LogP contribution in [0, 0.1) is 0 Å². The van der Waals surface area contributed by atoms with Crippen molar-refractivity contribution in [2.75, 3.05) is 57.4 Å². The van der Waals surface area contributed by atoms with Crippen LogP contribution in [0.2, 0.25) is 0 Å². The Morgan fingerprint density at radius 2 is 1.88 bits per heavy atom. The minimum Gasteiger partial charge on any atom is -0.508 e. The maximum atomic E-state index is 11.6. The smallest absolute Gasteiger partial charge is 0.219 e. The summed E-state index contributed by atoms with van der Waals surface area (Å²) in [5.41, 5.74) is 1.73. The van der Waals surface area contributed by atoms with Crippen LogP contribution < -0.4 is 4.90 Å². The van der Waals surface area contributed by atoms with Gasteiger partial charge in [0.05, 0.1) is 23.4 Å². The maximum absolute atomic E-state index is 11.6. The topological polar surface area (TPSA) is 82.0 Å². The molecular weight excluding hydrogens is 426 g/mol. The molecule has 1 aromatic carbocycles. The number of carbonyl (C=O) groups excluding carboxylic acids is 1. The Balaban J connectivity index is 1.47. The number of phenols is 1. The molecule has 1 amide bonds. The summed E-state index contributed by atoms with van der Waals surface area (Å²) >= 11 is 1.75.